The van der Waals surface area contributed by atoms with Gasteiger partial charge in [0.2, 0.25) is 0 Å². The summed E-state index contributed by atoms with van der Waals surface area (Å²) in [5, 5.41) is 6.59. The molecule has 1 atom stereocenters. The molecule has 0 radical (unpaired) electrons. The zero-order valence-electron chi connectivity index (χ0n) is 16.7. The second-order valence-corrected chi connectivity index (χ2v) is 6.24. The minimum atomic E-state index is -0.346. The van der Waals surface area contributed by atoms with Gasteiger partial charge >= 0.3 is 0 Å². The van der Waals surface area contributed by atoms with Crippen molar-refractivity contribution in [2.24, 2.45) is 4.99 Å². The fourth-order valence-electron chi connectivity index (χ4n) is 2.56. The second kappa shape index (κ2) is 13.4. The van der Waals surface area contributed by atoms with Crippen LogP contribution in [0.1, 0.15) is 40.5 Å². The maximum Gasteiger partial charge on any atom is 0.191 e. The van der Waals surface area contributed by atoms with E-state index in [-0.39, 0.29) is 17.7 Å². The highest BCUT2D eigenvalue weighted by molar-refractivity contribution is 5.79. The van der Waals surface area contributed by atoms with Gasteiger partial charge in [-0.15, -0.1) is 0 Å². The van der Waals surface area contributed by atoms with Crippen molar-refractivity contribution in [3.05, 3.63) is 30.1 Å². The van der Waals surface area contributed by atoms with E-state index in [0.717, 1.165) is 45.1 Å². The van der Waals surface area contributed by atoms with E-state index in [1.165, 1.54) is 12.5 Å². The number of halogens is 1. The van der Waals surface area contributed by atoms with Crippen LogP contribution in [0.5, 0.6) is 5.75 Å². The zero-order valence-corrected chi connectivity index (χ0v) is 16.7. The molecule has 0 saturated heterocycles. The van der Waals surface area contributed by atoms with Crippen LogP contribution in [0.3, 0.4) is 0 Å². The van der Waals surface area contributed by atoms with Crippen LogP contribution in [-0.4, -0.2) is 56.2 Å². The van der Waals surface area contributed by atoms with Crippen molar-refractivity contribution in [2.75, 3.05) is 39.3 Å². The molecule has 0 saturated carbocycles. The Balaban J connectivity index is 2.36. The highest BCUT2D eigenvalue weighted by Gasteiger charge is 2.08. The Morgan fingerprint density at radius 3 is 2.54 bits per heavy atom. The largest absolute Gasteiger partial charge is 0.486 e. The molecule has 0 aliphatic rings. The third kappa shape index (κ3) is 9.04. The molecule has 0 aliphatic carbocycles. The molecule has 0 fully saturated rings. The summed E-state index contributed by atoms with van der Waals surface area (Å²) in [6.07, 6.45) is 2.06. The Morgan fingerprint density at radius 2 is 1.88 bits per heavy atom. The van der Waals surface area contributed by atoms with Crippen LogP contribution >= 0.6 is 0 Å². The number of rotatable bonds is 12. The van der Waals surface area contributed by atoms with E-state index in [1.54, 1.807) is 18.2 Å². The molecule has 148 valence electrons. The van der Waals surface area contributed by atoms with Gasteiger partial charge in [0.1, 0.15) is 6.10 Å². The summed E-state index contributed by atoms with van der Waals surface area (Å²) in [6, 6.07) is 6.45. The molecular formula is C20H35FN4O. The summed E-state index contributed by atoms with van der Waals surface area (Å²) in [7, 11) is 0. The first-order chi connectivity index (χ1) is 12.6. The molecule has 6 heteroatoms. The summed E-state index contributed by atoms with van der Waals surface area (Å²) in [6.45, 7) is 13.8. The van der Waals surface area contributed by atoms with E-state index < -0.39 is 0 Å². The fourth-order valence-corrected chi connectivity index (χ4v) is 2.56. The number of para-hydroxylation sites is 1. The van der Waals surface area contributed by atoms with Gasteiger partial charge in [-0.1, -0.05) is 26.0 Å². The molecule has 1 rings (SSSR count). The van der Waals surface area contributed by atoms with Crippen molar-refractivity contribution >= 4 is 5.96 Å². The van der Waals surface area contributed by atoms with Gasteiger partial charge in [-0.05, 0) is 58.5 Å². The Morgan fingerprint density at radius 1 is 1.15 bits per heavy atom. The lowest BCUT2D eigenvalue weighted by molar-refractivity contribution is 0.220. The van der Waals surface area contributed by atoms with Gasteiger partial charge in [0.25, 0.3) is 0 Å². The van der Waals surface area contributed by atoms with E-state index in [9.17, 15) is 4.39 Å². The molecule has 1 aromatic rings. The Kier molecular flexibility index (Phi) is 11.4. The van der Waals surface area contributed by atoms with E-state index in [1.807, 2.05) is 13.8 Å². The zero-order chi connectivity index (χ0) is 19.2. The highest BCUT2D eigenvalue weighted by Crippen LogP contribution is 2.16. The van der Waals surface area contributed by atoms with Gasteiger partial charge in [0.05, 0.1) is 6.54 Å². The number of ether oxygens (including phenoxy) is 1. The van der Waals surface area contributed by atoms with Gasteiger partial charge in [-0.25, -0.2) is 9.38 Å². The number of benzene rings is 1. The molecular weight excluding hydrogens is 331 g/mol. The summed E-state index contributed by atoms with van der Waals surface area (Å²) in [5.41, 5.74) is 0. The molecule has 26 heavy (non-hydrogen) atoms. The predicted octanol–water partition coefficient (Wildman–Crippen LogP) is 3.27. The molecule has 1 unspecified atom stereocenters. The number of nitrogens with one attached hydrogen (secondary N) is 2. The number of aliphatic imine (C=N–C) groups is 1. The van der Waals surface area contributed by atoms with Crippen LogP contribution in [0, 0.1) is 5.82 Å². The molecule has 0 aliphatic heterocycles. The Hall–Kier alpha value is -1.82. The van der Waals surface area contributed by atoms with Gasteiger partial charge in [-0.3, -0.25) is 0 Å². The van der Waals surface area contributed by atoms with E-state index in [0.29, 0.717) is 6.54 Å². The SMILES string of the molecule is CCNC(=NCC(C)Oc1ccccc1F)NCCCCN(CC)CC. The number of hydrogen-bond acceptors (Lipinski definition) is 3. The maximum atomic E-state index is 13.6. The molecule has 0 bridgehead atoms. The Bertz CT molecular complexity index is 520. The molecule has 0 amide bonds. The lowest BCUT2D eigenvalue weighted by atomic mass is 10.3. The first-order valence-electron chi connectivity index (χ1n) is 9.76. The number of nitrogens with zero attached hydrogens (tertiary/aromatic N) is 2. The average Bonchev–Trinajstić information content (AvgIpc) is 2.64. The minimum Gasteiger partial charge on any atom is -0.486 e. The normalized spacial score (nSPS) is 12.9. The molecule has 2 N–H and O–H groups in total. The summed E-state index contributed by atoms with van der Waals surface area (Å²) in [4.78, 5) is 6.97. The predicted molar refractivity (Wildman–Crippen MR) is 107 cm³/mol. The van der Waals surface area contributed by atoms with Gasteiger partial charge < -0.3 is 20.3 Å². The molecule has 5 nitrogen and oxygen atoms in total. The fraction of sp³-hybridized carbons (Fsp3) is 0.650. The number of hydrogen-bond donors (Lipinski definition) is 2. The topological polar surface area (TPSA) is 48.9 Å². The first kappa shape index (κ1) is 22.2. The van der Waals surface area contributed by atoms with Crippen LogP contribution < -0.4 is 15.4 Å². The monoisotopic (exact) mass is 366 g/mol. The minimum absolute atomic E-state index is 0.204. The van der Waals surface area contributed by atoms with Crippen molar-refractivity contribution in [2.45, 2.75) is 46.6 Å². The third-order valence-electron chi connectivity index (χ3n) is 4.10. The molecule has 0 heterocycles. The van der Waals surface area contributed by atoms with E-state index in [2.05, 4.69) is 34.4 Å². The van der Waals surface area contributed by atoms with Gasteiger partial charge in [0.15, 0.2) is 17.5 Å². The van der Waals surface area contributed by atoms with Crippen LogP contribution in [0.25, 0.3) is 0 Å². The Labute approximate surface area is 158 Å². The summed E-state index contributed by atoms with van der Waals surface area (Å²) >= 11 is 0. The number of guanidine groups is 1. The highest BCUT2D eigenvalue weighted by atomic mass is 19.1. The van der Waals surface area contributed by atoms with Gasteiger partial charge in [-0.2, -0.15) is 0 Å². The third-order valence-corrected chi connectivity index (χ3v) is 4.10. The van der Waals surface area contributed by atoms with Crippen molar-refractivity contribution in [1.29, 1.82) is 0 Å². The lowest BCUT2D eigenvalue weighted by Gasteiger charge is -2.18. The summed E-state index contributed by atoms with van der Waals surface area (Å²) < 4.78 is 19.3. The smallest absolute Gasteiger partial charge is 0.191 e. The average molecular weight is 367 g/mol. The second-order valence-electron chi connectivity index (χ2n) is 6.24. The molecule has 0 aromatic heterocycles. The van der Waals surface area contributed by atoms with Crippen molar-refractivity contribution in [3.8, 4) is 5.75 Å². The first-order valence-corrected chi connectivity index (χ1v) is 9.76. The molecule has 0 spiro atoms. The lowest BCUT2D eigenvalue weighted by Crippen LogP contribution is -2.38. The van der Waals surface area contributed by atoms with E-state index >= 15 is 0 Å². The van der Waals surface area contributed by atoms with Crippen molar-refractivity contribution in [3.63, 3.8) is 0 Å². The summed E-state index contributed by atoms with van der Waals surface area (Å²) in [5.74, 6) is 0.699. The maximum absolute atomic E-state index is 13.6. The van der Waals surface area contributed by atoms with Crippen LogP contribution in [0.2, 0.25) is 0 Å². The standard InChI is InChI=1S/C20H35FN4O/c1-5-22-20(23-14-10-11-15-25(6-2)7-3)24-16-17(4)26-19-13-9-8-12-18(19)21/h8-9,12-13,17H,5-7,10-11,14-16H2,1-4H3,(H2,22,23,24). The van der Waals surface area contributed by atoms with Crippen molar-refractivity contribution < 1.29 is 9.13 Å². The van der Waals surface area contributed by atoms with E-state index in [4.69, 9.17) is 4.74 Å². The van der Waals surface area contributed by atoms with Crippen molar-refractivity contribution in [1.82, 2.24) is 15.5 Å². The van der Waals surface area contributed by atoms with Gasteiger partial charge in [0, 0.05) is 13.1 Å². The molecule has 1 aromatic carbocycles. The van der Waals surface area contributed by atoms with Crippen LogP contribution in [0.15, 0.2) is 29.3 Å². The number of unbranched alkanes of at least 4 members (excludes halogenated alkanes) is 1. The van der Waals surface area contributed by atoms with Crippen LogP contribution in [0.4, 0.5) is 4.39 Å². The van der Waals surface area contributed by atoms with Crippen LogP contribution in [-0.2, 0) is 0 Å². The quantitative estimate of drug-likeness (QED) is 0.339.